The average molecular weight is 653 g/mol. The number of nitrogens with zero attached hydrogens (tertiary/aromatic N) is 2. The van der Waals surface area contributed by atoms with Gasteiger partial charge in [0, 0.05) is 10.8 Å². The standard InChI is InChI=1S/C47H44N2O/c1-29(2)39-27-35(47(5,6)7)28-40(30(3)4)44(39)49-42-19-12-11-18-41(42)48-46(49)38-17-13-16-37-36-25-24-34(26-43(36)50-45(37)38)33-22-20-32(21-23-33)31-14-9-8-10-15-31/h8-30H,1-7H3. The molecule has 0 saturated carbocycles. The topological polar surface area (TPSA) is 31.0 Å². The molecule has 0 aliphatic rings. The van der Waals surface area contributed by atoms with Crippen LogP contribution in [-0.2, 0) is 5.41 Å². The molecular formula is C47H44N2O. The first kappa shape index (κ1) is 31.8. The molecule has 50 heavy (non-hydrogen) atoms. The van der Waals surface area contributed by atoms with Crippen molar-refractivity contribution in [1.29, 1.82) is 0 Å². The molecule has 0 radical (unpaired) electrons. The van der Waals surface area contributed by atoms with Crippen LogP contribution in [0.1, 0.15) is 77.0 Å². The van der Waals surface area contributed by atoms with E-state index < -0.39 is 0 Å². The maximum absolute atomic E-state index is 6.85. The highest BCUT2D eigenvalue weighted by Crippen LogP contribution is 2.43. The number of hydrogen-bond acceptors (Lipinski definition) is 2. The van der Waals surface area contributed by atoms with E-state index in [-0.39, 0.29) is 5.41 Å². The SMILES string of the molecule is CC(C)c1cc(C(C)(C)C)cc(C(C)C)c1-n1c(-c2cccc3c2oc2cc(-c4ccc(-c5ccccc5)cc4)ccc23)nc2ccccc21. The van der Waals surface area contributed by atoms with Crippen LogP contribution >= 0.6 is 0 Å². The molecule has 0 N–H and O–H groups in total. The van der Waals surface area contributed by atoms with E-state index in [1.807, 2.05) is 0 Å². The third-order valence-corrected chi connectivity index (χ3v) is 10.1. The molecule has 0 unspecified atom stereocenters. The molecule has 3 heteroatoms. The van der Waals surface area contributed by atoms with Crippen molar-refractivity contribution in [3.63, 3.8) is 0 Å². The minimum absolute atomic E-state index is 0.0360. The second kappa shape index (κ2) is 12.2. The Labute approximate surface area is 295 Å². The van der Waals surface area contributed by atoms with E-state index in [2.05, 4.69) is 180 Å². The summed E-state index contributed by atoms with van der Waals surface area (Å²) in [5.41, 5.74) is 14.8. The van der Waals surface area contributed by atoms with Gasteiger partial charge in [0.1, 0.15) is 17.0 Å². The van der Waals surface area contributed by atoms with Crippen LogP contribution in [-0.4, -0.2) is 9.55 Å². The van der Waals surface area contributed by atoms with Gasteiger partial charge in [0.25, 0.3) is 0 Å². The number of imidazole rings is 1. The van der Waals surface area contributed by atoms with E-state index >= 15 is 0 Å². The van der Waals surface area contributed by atoms with Crippen molar-refractivity contribution in [3.05, 3.63) is 144 Å². The lowest BCUT2D eigenvalue weighted by atomic mass is 9.81. The van der Waals surface area contributed by atoms with Crippen LogP contribution in [0.3, 0.4) is 0 Å². The van der Waals surface area contributed by atoms with Crippen LogP contribution in [0.5, 0.6) is 0 Å². The molecule has 0 amide bonds. The van der Waals surface area contributed by atoms with Gasteiger partial charge < -0.3 is 4.42 Å². The Balaban J connectivity index is 1.33. The van der Waals surface area contributed by atoms with Gasteiger partial charge in [0.05, 0.1) is 22.3 Å². The van der Waals surface area contributed by atoms with Gasteiger partial charge in [-0.2, -0.15) is 0 Å². The summed E-state index contributed by atoms with van der Waals surface area (Å²) in [6, 6.07) is 45.7. The Morgan fingerprint density at radius 2 is 1.18 bits per heavy atom. The van der Waals surface area contributed by atoms with Crippen molar-refractivity contribution in [2.75, 3.05) is 0 Å². The van der Waals surface area contributed by atoms with Crippen molar-refractivity contribution < 1.29 is 4.42 Å². The summed E-state index contributed by atoms with van der Waals surface area (Å²) in [6.07, 6.45) is 0. The summed E-state index contributed by atoms with van der Waals surface area (Å²) in [4.78, 5) is 5.35. The van der Waals surface area contributed by atoms with Gasteiger partial charge in [-0.25, -0.2) is 4.98 Å². The number of rotatable bonds is 6. The molecule has 248 valence electrons. The highest BCUT2D eigenvalue weighted by atomic mass is 16.3. The predicted molar refractivity (Wildman–Crippen MR) is 212 cm³/mol. The Morgan fingerprint density at radius 3 is 1.84 bits per heavy atom. The van der Waals surface area contributed by atoms with Gasteiger partial charge in [0.2, 0.25) is 0 Å². The zero-order valence-electron chi connectivity index (χ0n) is 30.1. The second-order valence-corrected chi connectivity index (χ2v) is 15.3. The average Bonchev–Trinajstić information content (AvgIpc) is 3.69. The van der Waals surface area contributed by atoms with Gasteiger partial charge in [-0.05, 0) is 86.5 Å². The van der Waals surface area contributed by atoms with Crippen LogP contribution < -0.4 is 0 Å². The van der Waals surface area contributed by atoms with Crippen molar-refractivity contribution in [1.82, 2.24) is 9.55 Å². The first-order valence-electron chi connectivity index (χ1n) is 17.9. The highest BCUT2D eigenvalue weighted by molar-refractivity contribution is 6.10. The lowest BCUT2D eigenvalue weighted by molar-refractivity contribution is 0.586. The lowest BCUT2D eigenvalue weighted by Gasteiger charge is -2.28. The number of furan rings is 1. The summed E-state index contributed by atoms with van der Waals surface area (Å²) in [5, 5.41) is 2.20. The number of para-hydroxylation sites is 3. The molecule has 0 bridgehead atoms. The fraction of sp³-hybridized carbons (Fsp3) is 0.213. The zero-order chi connectivity index (χ0) is 34.7. The minimum Gasteiger partial charge on any atom is -0.455 e. The van der Waals surface area contributed by atoms with Crippen LogP contribution in [0.25, 0.3) is 72.3 Å². The van der Waals surface area contributed by atoms with E-state index in [0.717, 1.165) is 55.5 Å². The van der Waals surface area contributed by atoms with Crippen LogP contribution in [0.15, 0.2) is 132 Å². The van der Waals surface area contributed by atoms with Crippen LogP contribution in [0.2, 0.25) is 0 Å². The normalized spacial score (nSPS) is 12.3. The van der Waals surface area contributed by atoms with Gasteiger partial charge in [-0.15, -0.1) is 0 Å². The minimum atomic E-state index is 0.0360. The second-order valence-electron chi connectivity index (χ2n) is 15.3. The molecule has 0 atom stereocenters. The van der Waals surface area contributed by atoms with Crippen molar-refractivity contribution in [3.8, 4) is 39.3 Å². The maximum Gasteiger partial charge on any atom is 0.149 e. The fourth-order valence-corrected chi connectivity index (χ4v) is 7.32. The van der Waals surface area contributed by atoms with E-state index in [1.165, 1.54) is 33.5 Å². The smallest absolute Gasteiger partial charge is 0.149 e. The van der Waals surface area contributed by atoms with Gasteiger partial charge in [-0.1, -0.05) is 146 Å². The number of benzene rings is 6. The fourth-order valence-electron chi connectivity index (χ4n) is 7.32. The molecule has 2 aromatic heterocycles. The number of aromatic nitrogens is 2. The van der Waals surface area contributed by atoms with Crippen molar-refractivity contribution in [2.24, 2.45) is 0 Å². The monoisotopic (exact) mass is 652 g/mol. The summed E-state index contributed by atoms with van der Waals surface area (Å²) >= 11 is 0. The Kier molecular flexibility index (Phi) is 7.75. The third-order valence-electron chi connectivity index (χ3n) is 10.1. The molecule has 0 spiro atoms. The molecule has 8 aromatic rings. The molecule has 6 aromatic carbocycles. The highest BCUT2D eigenvalue weighted by Gasteiger charge is 2.27. The van der Waals surface area contributed by atoms with E-state index in [1.54, 1.807) is 0 Å². The quantitative estimate of drug-likeness (QED) is 0.179. The van der Waals surface area contributed by atoms with Gasteiger partial charge in [-0.3, -0.25) is 4.57 Å². The maximum atomic E-state index is 6.85. The van der Waals surface area contributed by atoms with Crippen molar-refractivity contribution >= 4 is 33.0 Å². The summed E-state index contributed by atoms with van der Waals surface area (Å²) < 4.78 is 9.26. The molecule has 2 heterocycles. The molecule has 3 nitrogen and oxygen atoms in total. The summed E-state index contributed by atoms with van der Waals surface area (Å²) in [5.74, 6) is 1.54. The van der Waals surface area contributed by atoms with Crippen LogP contribution in [0, 0.1) is 0 Å². The summed E-state index contributed by atoms with van der Waals surface area (Å²) in [7, 11) is 0. The molecule has 0 aliphatic carbocycles. The lowest BCUT2D eigenvalue weighted by Crippen LogP contribution is -2.16. The van der Waals surface area contributed by atoms with Gasteiger partial charge >= 0.3 is 0 Å². The molecule has 0 aliphatic heterocycles. The molecule has 0 saturated heterocycles. The summed E-state index contributed by atoms with van der Waals surface area (Å²) in [6.45, 7) is 16.1. The molecule has 0 fully saturated rings. The predicted octanol–water partition coefficient (Wildman–Crippen LogP) is 13.5. The largest absolute Gasteiger partial charge is 0.455 e. The third kappa shape index (κ3) is 5.42. The van der Waals surface area contributed by atoms with Gasteiger partial charge in [0.15, 0.2) is 0 Å². The first-order valence-corrected chi connectivity index (χ1v) is 17.9. The first-order chi connectivity index (χ1) is 24.1. The number of fused-ring (bicyclic) bond motifs is 4. The van der Waals surface area contributed by atoms with E-state index in [0.29, 0.717) is 11.8 Å². The Bertz CT molecular complexity index is 2480. The zero-order valence-corrected chi connectivity index (χ0v) is 30.1. The Hall–Kier alpha value is -5.41. The Morgan fingerprint density at radius 1 is 0.580 bits per heavy atom. The van der Waals surface area contributed by atoms with E-state index in [4.69, 9.17) is 9.40 Å². The molecule has 8 rings (SSSR count). The van der Waals surface area contributed by atoms with E-state index in [9.17, 15) is 0 Å². The van der Waals surface area contributed by atoms with Crippen molar-refractivity contribution in [2.45, 2.75) is 65.7 Å². The molecular weight excluding hydrogens is 609 g/mol. The number of hydrogen-bond donors (Lipinski definition) is 0. The van der Waals surface area contributed by atoms with Crippen LogP contribution in [0.4, 0.5) is 0 Å².